The van der Waals surface area contributed by atoms with E-state index in [0.29, 0.717) is 16.8 Å². The maximum absolute atomic E-state index is 14.7. The van der Waals surface area contributed by atoms with Crippen LogP contribution in [0.25, 0.3) is 10.9 Å². The highest BCUT2D eigenvalue weighted by atomic mass is 35.5. The van der Waals surface area contributed by atoms with E-state index in [1.807, 2.05) is 4.57 Å². The maximum atomic E-state index is 14.7. The lowest BCUT2D eigenvalue weighted by Gasteiger charge is -2.42. The second-order valence-electron chi connectivity index (χ2n) is 11.4. The van der Waals surface area contributed by atoms with Crippen LogP contribution in [-0.2, 0) is 15.6 Å². The van der Waals surface area contributed by atoms with E-state index in [2.05, 4.69) is 52.7 Å². The quantitative estimate of drug-likeness (QED) is 0.148. The van der Waals surface area contributed by atoms with Gasteiger partial charge in [0.2, 0.25) is 5.43 Å². The molecule has 1 unspecified atom stereocenters. The molecule has 0 saturated heterocycles. The lowest BCUT2D eigenvalue weighted by atomic mass is 9.80. The molecule has 2 aromatic heterocycles. The molecule has 2 heterocycles. The van der Waals surface area contributed by atoms with Gasteiger partial charge in [0.15, 0.2) is 14.2 Å². The van der Waals surface area contributed by atoms with E-state index in [1.165, 1.54) is 12.3 Å². The van der Waals surface area contributed by atoms with Crippen LogP contribution in [0.3, 0.4) is 0 Å². The van der Waals surface area contributed by atoms with Crippen molar-refractivity contribution in [1.82, 2.24) is 9.55 Å². The number of carbonyl (C=O) groups is 1. The summed E-state index contributed by atoms with van der Waals surface area (Å²) in [6.45, 7) is 16.5. The van der Waals surface area contributed by atoms with E-state index < -0.39 is 26.3 Å². The predicted octanol–water partition coefficient (Wildman–Crippen LogP) is 7.22. The van der Waals surface area contributed by atoms with Gasteiger partial charge in [-0.05, 0) is 49.0 Å². The summed E-state index contributed by atoms with van der Waals surface area (Å²) in [5.41, 5.74) is 0.188. The van der Waals surface area contributed by atoms with E-state index in [9.17, 15) is 14.0 Å². The molecule has 0 N–H and O–H groups in total. The van der Waals surface area contributed by atoms with Crippen molar-refractivity contribution in [3.63, 3.8) is 0 Å². The Kier molecular flexibility index (Phi) is 10.0. The summed E-state index contributed by atoms with van der Waals surface area (Å²) in [5.74, 6) is -1.24. The highest BCUT2D eigenvalue weighted by molar-refractivity contribution is 6.48. The van der Waals surface area contributed by atoms with E-state index in [4.69, 9.17) is 32.4 Å². The fourth-order valence-corrected chi connectivity index (χ4v) is 6.51. The number of aromatic nitrogens is 2. The Bertz CT molecular complexity index is 1420. The summed E-state index contributed by atoms with van der Waals surface area (Å²) < 4.78 is 28.4. The first-order valence-corrected chi connectivity index (χ1v) is 16.7. The number of benzene rings is 1. The Balaban J connectivity index is 2.37. The van der Waals surface area contributed by atoms with Gasteiger partial charge in [-0.15, -0.1) is 0 Å². The second kappa shape index (κ2) is 12.5. The number of ether oxygens (including phenoxy) is 1. The molecule has 6 nitrogen and oxygen atoms in total. The predicted molar refractivity (Wildman–Crippen MR) is 158 cm³/mol. The number of halogens is 3. The summed E-state index contributed by atoms with van der Waals surface area (Å²) >= 11 is 12.8. The van der Waals surface area contributed by atoms with Gasteiger partial charge in [-0.25, -0.2) is 14.2 Å². The molecule has 0 radical (unpaired) electrons. The second-order valence-corrected chi connectivity index (χ2v) is 14.5. The third kappa shape index (κ3) is 6.91. The average Bonchev–Trinajstić information content (AvgIpc) is 2.82. The molecule has 0 amide bonds. The summed E-state index contributed by atoms with van der Waals surface area (Å²) in [4.78, 5) is 31.2. The number of hydrogen-bond acceptors (Lipinski definition) is 5. The minimum absolute atomic E-state index is 0.00645. The Hall–Kier alpha value is -2.26. The maximum Gasteiger partial charge on any atom is 0.343 e. The third-order valence-corrected chi connectivity index (χ3v) is 7.90. The number of rotatable bonds is 9. The Morgan fingerprint density at radius 2 is 1.87 bits per heavy atom. The zero-order valence-electron chi connectivity index (χ0n) is 23.8. The minimum atomic E-state index is -1.50. The molecule has 0 spiro atoms. The third-order valence-electron chi connectivity index (χ3n) is 6.50. The molecule has 212 valence electrons. The van der Waals surface area contributed by atoms with E-state index >= 15 is 0 Å². The number of carbonyl (C=O) groups excluding carboxylic acids is 1. The molecule has 0 aliphatic heterocycles. The Labute approximate surface area is 241 Å². The van der Waals surface area contributed by atoms with Crippen molar-refractivity contribution < 1.29 is 18.3 Å². The first kappa shape index (κ1) is 31.3. The number of esters is 1. The standard InChI is InChI=1S/C29H37Cl2FN2O4Si/c1-9-37-28(36)20-15-34(23(16(2)3)26(29(4,5)6)38-39(7)8)24-19(25(20)35)14-18(33-27(24)31)13-17-11-10-12-21(30)22(17)32/h10-12,14-16,23,26,39H,9,13H2,1-8H3/t23-,26?/m0/s1. The van der Waals surface area contributed by atoms with Gasteiger partial charge in [0.05, 0.1) is 34.7 Å². The Morgan fingerprint density at radius 1 is 1.21 bits per heavy atom. The van der Waals surface area contributed by atoms with Crippen LogP contribution in [0.1, 0.15) is 69.2 Å². The van der Waals surface area contributed by atoms with Crippen LogP contribution in [0.15, 0.2) is 35.3 Å². The van der Waals surface area contributed by atoms with Gasteiger partial charge < -0.3 is 13.7 Å². The molecular formula is C29H37Cl2FN2O4Si. The van der Waals surface area contributed by atoms with E-state index in [0.717, 1.165) is 0 Å². The van der Waals surface area contributed by atoms with Gasteiger partial charge >= 0.3 is 5.97 Å². The van der Waals surface area contributed by atoms with Gasteiger partial charge in [-0.2, -0.15) is 0 Å². The molecule has 3 aromatic rings. The molecule has 39 heavy (non-hydrogen) atoms. The molecule has 0 fully saturated rings. The smallest absolute Gasteiger partial charge is 0.343 e. The number of pyridine rings is 2. The van der Waals surface area contributed by atoms with Crippen LogP contribution in [0, 0.1) is 17.2 Å². The van der Waals surface area contributed by atoms with Crippen LogP contribution >= 0.6 is 23.2 Å². The van der Waals surface area contributed by atoms with Crippen LogP contribution in [-0.4, -0.2) is 37.3 Å². The first-order chi connectivity index (χ1) is 18.2. The summed E-state index contributed by atoms with van der Waals surface area (Å²) in [5, 5.41) is 0.281. The lowest BCUT2D eigenvalue weighted by Crippen LogP contribution is -2.43. The fourth-order valence-electron chi connectivity index (χ4n) is 4.85. The molecule has 2 atom stereocenters. The topological polar surface area (TPSA) is 70.4 Å². The van der Waals surface area contributed by atoms with Gasteiger partial charge in [0.1, 0.15) is 11.4 Å². The molecule has 1 aromatic carbocycles. The summed E-state index contributed by atoms with van der Waals surface area (Å²) in [6.07, 6.45) is 1.34. The normalized spacial score (nSPS) is 13.8. The van der Waals surface area contributed by atoms with Crippen LogP contribution in [0.4, 0.5) is 4.39 Å². The van der Waals surface area contributed by atoms with Crippen molar-refractivity contribution >= 4 is 49.1 Å². The average molecular weight is 596 g/mol. The highest BCUT2D eigenvalue weighted by Gasteiger charge is 2.38. The largest absolute Gasteiger partial charge is 0.462 e. The zero-order chi connectivity index (χ0) is 29.2. The van der Waals surface area contributed by atoms with Crippen LogP contribution < -0.4 is 5.43 Å². The van der Waals surface area contributed by atoms with Gasteiger partial charge in [-0.1, -0.05) is 70.0 Å². The van der Waals surface area contributed by atoms with E-state index in [-0.39, 0.29) is 57.6 Å². The lowest BCUT2D eigenvalue weighted by molar-refractivity contribution is 0.0212. The molecule has 0 aliphatic carbocycles. The number of hydrogen-bond donors (Lipinski definition) is 0. The Morgan fingerprint density at radius 3 is 2.44 bits per heavy atom. The first-order valence-electron chi connectivity index (χ1n) is 13.2. The van der Waals surface area contributed by atoms with Crippen molar-refractivity contribution in [3.05, 3.63) is 73.5 Å². The molecule has 0 saturated carbocycles. The van der Waals surface area contributed by atoms with Crippen molar-refractivity contribution in [2.45, 2.75) is 73.2 Å². The molecular weight excluding hydrogens is 558 g/mol. The zero-order valence-corrected chi connectivity index (χ0v) is 26.4. The van der Waals surface area contributed by atoms with Crippen LogP contribution in [0.5, 0.6) is 0 Å². The molecule has 0 bridgehead atoms. The summed E-state index contributed by atoms with van der Waals surface area (Å²) in [6, 6.07) is 6.00. The summed E-state index contributed by atoms with van der Waals surface area (Å²) in [7, 11) is -1.50. The molecule has 0 aliphatic rings. The molecule has 10 heteroatoms. The van der Waals surface area contributed by atoms with Crippen molar-refractivity contribution in [2.24, 2.45) is 11.3 Å². The number of fused-ring (bicyclic) bond motifs is 1. The molecule has 3 rings (SSSR count). The fraction of sp³-hybridized carbons (Fsp3) is 0.483. The monoisotopic (exact) mass is 594 g/mol. The van der Waals surface area contributed by atoms with Crippen molar-refractivity contribution in [1.29, 1.82) is 0 Å². The van der Waals surface area contributed by atoms with Crippen molar-refractivity contribution in [2.75, 3.05) is 6.61 Å². The highest BCUT2D eigenvalue weighted by Crippen LogP contribution is 2.39. The van der Waals surface area contributed by atoms with Gasteiger partial charge in [0.25, 0.3) is 0 Å². The van der Waals surface area contributed by atoms with E-state index in [1.54, 1.807) is 25.1 Å². The van der Waals surface area contributed by atoms with Gasteiger partial charge in [-0.3, -0.25) is 4.79 Å². The SMILES string of the molecule is CCOC(=O)c1cn([C@@H](C(C)C)C(O[SiH](C)C)C(C)(C)C)c2c(Cl)nc(Cc3cccc(Cl)c3F)cc2c1=O. The minimum Gasteiger partial charge on any atom is -0.462 e. The van der Waals surface area contributed by atoms with Crippen LogP contribution in [0.2, 0.25) is 23.3 Å². The van der Waals surface area contributed by atoms with Crippen molar-refractivity contribution in [3.8, 4) is 0 Å². The number of nitrogens with zero attached hydrogens (tertiary/aromatic N) is 2. The van der Waals surface area contributed by atoms with Gasteiger partial charge in [0, 0.05) is 18.3 Å².